The summed E-state index contributed by atoms with van der Waals surface area (Å²) in [6.07, 6.45) is -2.79. The normalized spacial score (nSPS) is 32.2. The first-order valence-corrected chi connectivity index (χ1v) is 14.7. The van der Waals surface area contributed by atoms with Gasteiger partial charge in [-0.15, -0.1) is 0 Å². The summed E-state index contributed by atoms with van der Waals surface area (Å²) in [6, 6.07) is 0. The summed E-state index contributed by atoms with van der Waals surface area (Å²) < 4.78 is 27.9. The zero-order chi connectivity index (χ0) is 29.5. The number of aliphatic hydroxyl groups excluding tert-OH is 8. The number of rotatable bonds is 22. The Morgan fingerprint density at radius 1 is 0.600 bits per heavy atom. The van der Waals surface area contributed by atoms with Gasteiger partial charge in [-0.2, -0.15) is 0 Å². The van der Waals surface area contributed by atoms with Gasteiger partial charge >= 0.3 is 0 Å². The van der Waals surface area contributed by atoms with Crippen LogP contribution in [0.2, 0.25) is 0 Å². The Hall–Kier alpha value is -0.520. The molecule has 0 unspecified atom stereocenters. The lowest BCUT2D eigenvalue weighted by Gasteiger charge is -2.24. The fraction of sp³-hybridized carbons (Fsp3) is 1.00. The molecular weight excluding hydrogens is 532 g/mol. The first-order valence-electron chi connectivity index (χ1n) is 14.7. The molecule has 2 saturated heterocycles. The molecule has 0 amide bonds. The Labute approximate surface area is 236 Å². The van der Waals surface area contributed by atoms with Gasteiger partial charge in [0.1, 0.15) is 54.9 Å². The van der Waals surface area contributed by atoms with Gasteiger partial charge in [-0.25, -0.2) is 0 Å². The van der Waals surface area contributed by atoms with Crippen molar-refractivity contribution >= 4 is 0 Å². The fourth-order valence-corrected chi connectivity index (χ4v) is 4.85. The molecule has 40 heavy (non-hydrogen) atoms. The molecule has 238 valence electrons. The number of hydrogen-bond acceptors (Lipinski definition) is 13. The van der Waals surface area contributed by atoms with Crippen molar-refractivity contribution in [1.82, 2.24) is 0 Å². The fourth-order valence-electron chi connectivity index (χ4n) is 4.85. The van der Waals surface area contributed by atoms with E-state index in [4.69, 9.17) is 33.9 Å². The van der Waals surface area contributed by atoms with E-state index in [1.165, 1.54) is 44.9 Å². The summed E-state index contributed by atoms with van der Waals surface area (Å²) in [4.78, 5) is 0. The van der Waals surface area contributed by atoms with Crippen LogP contribution in [0.25, 0.3) is 0 Å². The van der Waals surface area contributed by atoms with E-state index in [-0.39, 0.29) is 13.2 Å². The summed E-state index contributed by atoms with van der Waals surface area (Å²) in [6.45, 7) is 0.961. The number of unbranched alkanes of at least 4 members (excludes halogenated alkanes) is 9. The number of aliphatic hydroxyl groups is 8. The molecule has 2 aliphatic rings. The Bertz CT molecular complexity index is 604. The minimum absolute atomic E-state index is 0.151. The lowest BCUT2D eigenvalue weighted by molar-refractivity contribution is -0.218. The largest absolute Gasteiger partial charge is 0.394 e. The smallest absolute Gasteiger partial charge is 0.186 e. The highest BCUT2D eigenvalue weighted by atomic mass is 16.7. The predicted molar refractivity (Wildman–Crippen MR) is 141 cm³/mol. The highest BCUT2D eigenvalue weighted by Crippen LogP contribution is 2.27. The maximum Gasteiger partial charge on any atom is 0.186 e. The zero-order valence-electron chi connectivity index (χ0n) is 23.6. The van der Waals surface area contributed by atoms with Crippen molar-refractivity contribution in [2.45, 2.75) is 139 Å². The van der Waals surface area contributed by atoms with Crippen molar-refractivity contribution in [3.63, 3.8) is 0 Å². The Morgan fingerprint density at radius 2 is 1.00 bits per heavy atom. The van der Waals surface area contributed by atoms with Gasteiger partial charge in [0.2, 0.25) is 0 Å². The highest BCUT2D eigenvalue weighted by molar-refractivity contribution is 4.92. The van der Waals surface area contributed by atoms with E-state index in [1.54, 1.807) is 0 Å². The molecule has 0 spiro atoms. The second-order valence-corrected chi connectivity index (χ2v) is 10.7. The van der Waals surface area contributed by atoms with E-state index in [0.29, 0.717) is 6.61 Å². The highest BCUT2D eigenvalue weighted by Gasteiger charge is 2.48. The molecule has 13 nitrogen and oxygen atoms in total. The second-order valence-electron chi connectivity index (χ2n) is 10.7. The molecule has 0 aromatic heterocycles. The third-order valence-corrected chi connectivity index (χ3v) is 7.39. The van der Waals surface area contributed by atoms with Crippen molar-refractivity contribution in [2.24, 2.45) is 0 Å². The van der Waals surface area contributed by atoms with Gasteiger partial charge in [-0.05, 0) is 6.42 Å². The summed E-state index contributed by atoms with van der Waals surface area (Å²) in [5, 5.41) is 78.6. The van der Waals surface area contributed by atoms with E-state index in [0.717, 1.165) is 19.3 Å². The molecule has 0 aliphatic carbocycles. The summed E-state index contributed by atoms with van der Waals surface area (Å²) in [5.41, 5.74) is 0. The topological polar surface area (TPSA) is 208 Å². The molecule has 0 bridgehead atoms. The van der Waals surface area contributed by atoms with Gasteiger partial charge in [-0.3, -0.25) is 0 Å². The van der Waals surface area contributed by atoms with Crippen LogP contribution in [0, 0.1) is 0 Å². The minimum Gasteiger partial charge on any atom is -0.394 e. The van der Waals surface area contributed by atoms with Gasteiger partial charge in [0.05, 0.1) is 26.4 Å². The molecule has 13 heteroatoms. The molecule has 0 aromatic rings. The van der Waals surface area contributed by atoms with Crippen molar-refractivity contribution in [3.05, 3.63) is 0 Å². The summed E-state index contributed by atoms with van der Waals surface area (Å²) in [5.74, 6) is 0. The average molecular weight is 585 g/mol. The van der Waals surface area contributed by atoms with Crippen molar-refractivity contribution in [3.8, 4) is 0 Å². The van der Waals surface area contributed by atoms with Crippen LogP contribution in [0.5, 0.6) is 0 Å². The molecule has 2 fully saturated rings. The van der Waals surface area contributed by atoms with Gasteiger partial charge in [0, 0.05) is 6.61 Å². The number of hydrogen-bond donors (Lipinski definition) is 8. The van der Waals surface area contributed by atoms with E-state index in [9.17, 15) is 30.6 Å². The van der Waals surface area contributed by atoms with E-state index in [1.807, 2.05) is 0 Å². The maximum absolute atomic E-state index is 10.2. The van der Waals surface area contributed by atoms with E-state index in [2.05, 4.69) is 6.92 Å². The summed E-state index contributed by atoms with van der Waals surface area (Å²) in [7, 11) is 0. The molecular formula is C27H52O13. The van der Waals surface area contributed by atoms with E-state index < -0.39 is 80.7 Å². The standard InChI is InChI=1S/C27H52O13/c1-2-3-4-5-6-7-8-9-10-11-12-36-17(15-37-26-22(34)20(32)24(39-26)18(30)13-28)16-38-27-23(35)21(33)25(40-27)19(31)14-29/h17-35H,2-16H2,1H3/t18-,19-,20-,21-,22+,23+,24-,25-,26-,27-/m1/s1. The maximum atomic E-state index is 10.2. The second kappa shape index (κ2) is 19.6. The van der Waals surface area contributed by atoms with E-state index >= 15 is 0 Å². The third-order valence-electron chi connectivity index (χ3n) is 7.39. The lowest BCUT2D eigenvalue weighted by Crippen LogP contribution is -2.41. The van der Waals surface area contributed by atoms with Gasteiger partial charge in [0.25, 0.3) is 0 Å². The zero-order valence-corrected chi connectivity index (χ0v) is 23.6. The SMILES string of the molecule is CCCCCCCCCCCCOC(CO[C@@H]1O[C@H]([C@H](O)CO)[C@H](O)[C@@H]1O)CO[C@@H]1O[C@H]([C@H](O)CO)[C@H](O)[C@@H]1O. The average Bonchev–Trinajstić information content (AvgIpc) is 3.41. The van der Waals surface area contributed by atoms with Crippen molar-refractivity contribution < 1.29 is 64.5 Å². The molecule has 0 radical (unpaired) electrons. The van der Waals surface area contributed by atoms with Crippen LogP contribution in [-0.4, -0.2) is 141 Å². The van der Waals surface area contributed by atoms with Crippen LogP contribution in [0.1, 0.15) is 71.1 Å². The van der Waals surface area contributed by atoms with Crippen LogP contribution >= 0.6 is 0 Å². The molecule has 2 aliphatic heterocycles. The van der Waals surface area contributed by atoms with Crippen molar-refractivity contribution in [2.75, 3.05) is 33.0 Å². The molecule has 0 aromatic carbocycles. The monoisotopic (exact) mass is 584 g/mol. The van der Waals surface area contributed by atoms with Crippen LogP contribution in [0.15, 0.2) is 0 Å². The summed E-state index contributed by atoms with van der Waals surface area (Å²) >= 11 is 0. The molecule has 0 saturated carbocycles. The number of ether oxygens (including phenoxy) is 5. The minimum atomic E-state index is -1.47. The van der Waals surface area contributed by atoms with Crippen molar-refractivity contribution in [1.29, 1.82) is 0 Å². The molecule has 2 rings (SSSR count). The molecule has 8 N–H and O–H groups in total. The molecule has 2 heterocycles. The first kappa shape index (κ1) is 35.7. The van der Waals surface area contributed by atoms with Gasteiger partial charge in [-0.1, -0.05) is 64.7 Å². The van der Waals surface area contributed by atoms with Gasteiger partial charge < -0.3 is 64.5 Å². The third kappa shape index (κ3) is 11.3. The Morgan fingerprint density at radius 3 is 1.40 bits per heavy atom. The molecule has 10 atom stereocenters. The van der Waals surface area contributed by atoms with Crippen LogP contribution < -0.4 is 0 Å². The van der Waals surface area contributed by atoms with Crippen LogP contribution in [0.4, 0.5) is 0 Å². The lowest BCUT2D eigenvalue weighted by atomic mass is 10.1. The van der Waals surface area contributed by atoms with Gasteiger partial charge in [0.15, 0.2) is 12.6 Å². The first-order chi connectivity index (χ1) is 19.2. The Balaban J connectivity index is 1.81. The Kier molecular flexibility index (Phi) is 17.5. The predicted octanol–water partition coefficient (Wildman–Crippen LogP) is -1.07. The van der Waals surface area contributed by atoms with Crippen LogP contribution in [0.3, 0.4) is 0 Å². The van der Waals surface area contributed by atoms with Crippen LogP contribution in [-0.2, 0) is 23.7 Å². The quantitative estimate of drug-likeness (QED) is 0.0714.